The zero-order valence-electron chi connectivity index (χ0n) is 10.5. The van der Waals surface area contributed by atoms with Crippen LogP contribution in [0.25, 0.3) is 0 Å². The van der Waals surface area contributed by atoms with Crippen LogP contribution in [0.1, 0.15) is 32.1 Å². The molecule has 6 nitrogen and oxygen atoms in total. The predicted molar refractivity (Wildman–Crippen MR) is 68.8 cm³/mol. The second kappa shape index (κ2) is 5.88. The topological polar surface area (TPSA) is 78.5 Å². The van der Waals surface area contributed by atoms with Crippen molar-refractivity contribution in [3.8, 4) is 0 Å². The number of nitrogens with zero attached hydrogens (tertiary/aromatic N) is 1. The molecular formula is C11H21N3O3S. The summed E-state index contributed by atoms with van der Waals surface area (Å²) >= 11 is 0. The molecule has 0 aromatic heterocycles. The van der Waals surface area contributed by atoms with Gasteiger partial charge in [0.25, 0.3) is 0 Å². The molecule has 0 unspecified atom stereocenters. The Balaban J connectivity index is 1.92. The molecule has 0 atom stereocenters. The van der Waals surface area contributed by atoms with Crippen LogP contribution in [0.3, 0.4) is 0 Å². The fourth-order valence-corrected chi connectivity index (χ4v) is 4.01. The number of carbonyl (C=O) groups is 1. The molecule has 104 valence electrons. The third-order valence-corrected chi connectivity index (χ3v) is 5.43. The van der Waals surface area contributed by atoms with E-state index in [1.54, 1.807) is 4.90 Å². The maximum absolute atomic E-state index is 12.1. The molecule has 7 heteroatoms. The maximum atomic E-state index is 12.1. The molecule has 0 spiro atoms. The Labute approximate surface area is 108 Å². The number of urea groups is 1. The quantitative estimate of drug-likeness (QED) is 0.758. The van der Waals surface area contributed by atoms with Crippen molar-refractivity contribution in [1.29, 1.82) is 0 Å². The summed E-state index contributed by atoms with van der Waals surface area (Å²) < 4.78 is 26.4. The third-order valence-electron chi connectivity index (χ3n) is 3.62. The Bertz CT molecular complexity index is 384. The molecular weight excluding hydrogens is 254 g/mol. The van der Waals surface area contributed by atoms with Gasteiger partial charge in [-0.3, -0.25) is 0 Å². The van der Waals surface area contributed by atoms with Gasteiger partial charge < -0.3 is 10.2 Å². The number of carbonyl (C=O) groups excluding carboxylic acids is 1. The summed E-state index contributed by atoms with van der Waals surface area (Å²) in [6, 6.07) is -0.470. The minimum absolute atomic E-state index is 0.391. The normalized spacial score (nSPS) is 22.8. The lowest BCUT2D eigenvalue weighted by Gasteiger charge is -2.29. The summed E-state index contributed by atoms with van der Waals surface area (Å²) in [4.78, 5) is 13.4. The van der Waals surface area contributed by atoms with Crippen LogP contribution in [-0.2, 0) is 10.0 Å². The van der Waals surface area contributed by atoms with Crippen molar-refractivity contribution in [3.05, 3.63) is 0 Å². The Hall–Kier alpha value is -0.820. The van der Waals surface area contributed by atoms with E-state index in [-0.39, 0.29) is 0 Å². The van der Waals surface area contributed by atoms with Gasteiger partial charge in [-0.05, 0) is 12.8 Å². The molecule has 2 rings (SSSR count). The highest BCUT2D eigenvalue weighted by molar-refractivity contribution is 7.90. The van der Waals surface area contributed by atoms with E-state index in [9.17, 15) is 13.2 Å². The number of piperazine rings is 1. The standard InChI is InChI=1S/C11H21N3O3S/c15-11(14-8-6-12-7-9-14)13-18(16,17)10-4-2-1-3-5-10/h10,12H,1-9H2,(H,13,15). The van der Waals surface area contributed by atoms with Gasteiger partial charge >= 0.3 is 6.03 Å². The van der Waals surface area contributed by atoms with Crippen LogP contribution in [0.2, 0.25) is 0 Å². The first-order valence-electron chi connectivity index (χ1n) is 6.61. The highest BCUT2D eigenvalue weighted by atomic mass is 32.2. The molecule has 2 fully saturated rings. The van der Waals surface area contributed by atoms with Gasteiger partial charge in [0.2, 0.25) is 10.0 Å². The lowest BCUT2D eigenvalue weighted by Crippen LogP contribution is -2.52. The molecule has 1 heterocycles. The molecule has 1 aliphatic heterocycles. The lowest BCUT2D eigenvalue weighted by atomic mass is 10.0. The van der Waals surface area contributed by atoms with Crippen LogP contribution in [0.4, 0.5) is 4.79 Å². The zero-order chi connectivity index (χ0) is 13.0. The van der Waals surface area contributed by atoms with Crippen molar-refractivity contribution in [2.75, 3.05) is 26.2 Å². The fourth-order valence-electron chi connectivity index (χ4n) is 2.51. The minimum atomic E-state index is -3.49. The van der Waals surface area contributed by atoms with Crippen molar-refractivity contribution >= 4 is 16.1 Å². The molecule has 0 aromatic carbocycles. The molecule has 1 saturated heterocycles. The van der Waals surface area contributed by atoms with Gasteiger partial charge in [-0.1, -0.05) is 19.3 Å². The molecule has 1 aliphatic carbocycles. The van der Waals surface area contributed by atoms with E-state index >= 15 is 0 Å². The van der Waals surface area contributed by atoms with Gasteiger partial charge in [-0.15, -0.1) is 0 Å². The van der Waals surface area contributed by atoms with Crippen molar-refractivity contribution < 1.29 is 13.2 Å². The third kappa shape index (κ3) is 3.35. The van der Waals surface area contributed by atoms with Crippen molar-refractivity contribution in [1.82, 2.24) is 14.9 Å². The summed E-state index contributed by atoms with van der Waals surface area (Å²) in [7, 11) is -3.49. The first-order chi connectivity index (χ1) is 8.59. The zero-order valence-corrected chi connectivity index (χ0v) is 11.3. The van der Waals surface area contributed by atoms with Crippen LogP contribution < -0.4 is 10.0 Å². The van der Waals surface area contributed by atoms with E-state index in [0.717, 1.165) is 32.4 Å². The second-order valence-electron chi connectivity index (χ2n) is 4.95. The Morgan fingerprint density at radius 2 is 1.72 bits per heavy atom. The van der Waals surface area contributed by atoms with Crippen LogP contribution in [0.15, 0.2) is 0 Å². The monoisotopic (exact) mass is 275 g/mol. The summed E-state index contributed by atoms with van der Waals surface area (Å²) in [5, 5.41) is 2.73. The fraction of sp³-hybridized carbons (Fsp3) is 0.909. The Morgan fingerprint density at radius 1 is 1.11 bits per heavy atom. The number of nitrogens with one attached hydrogen (secondary N) is 2. The molecule has 0 bridgehead atoms. The first kappa shape index (κ1) is 13.6. The van der Waals surface area contributed by atoms with Gasteiger partial charge in [0.1, 0.15) is 0 Å². The molecule has 2 N–H and O–H groups in total. The summed E-state index contributed by atoms with van der Waals surface area (Å²) in [5.74, 6) is 0. The molecule has 18 heavy (non-hydrogen) atoms. The number of amides is 2. The number of sulfonamides is 1. The van der Waals surface area contributed by atoms with Crippen molar-refractivity contribution in [2.24, 2.45) is 0 Å². The van der Waals surface area contributed by atoms with Crippen molar-refractivity contribution in [2.45, 2.75) is 37.4 Å². The van der Waals surface area contributed by atoms with Gasteiger partial charge in [0.05, 0.1) is 5.25 Å². The highest BCUT2D eigenvalue weighted by Gasteiger charge is 2.30. The predicted octanol–water partition coefficient (Wildman–Crippen LogP) is 0.264. The molecule has 2 amide bonds. The largest absolute Gasteiger partial charge is 0.331 e. The Morgan fingerprint density at radius 3 is 2.33 bits per heavy atom. The Kier molecular flexibility index (Phi) is 4.45. The van der Waals surface area contributed by atoms with E-state index in [0.29, 0.717) is 25.9 Å². The second-order valence-corrected chi connectivity index (χ2v) is 6.91. The smallest absolute Gasteiger partial charge is 0.321 e. The van der Waals surface area contributed by atoms with Gasteiger partial charge in [-0.25, -0.2) is 17.9 Å². The van der Waals surface area contributed by atoms with Gasteiger partial charge in [0.15, 0.2) is 0 Å². The van der Waals surface area contributed by atoms with Crippen molar-refractivity contribution in [3.63, 3.8) is 0 Å². The van der Waals surface area contributed by atoms with Crippen LogP contribution in [0, 0.1) is 0 Å². The van der Waals surface area contributed by atoms with E-state index in [2.05, 4.69) is 10.0 Å². The average molecular weight is 275 g/mol. The van der Waals surface area contributed by atoms with E-state index in [1.165, 1.54) is 0 Å². The van der Waals surface area contributed by atoms with Crippen LogP contribution in [0.5, 0.6) is 0 Å². The molecule has 0 radical (unpaired) electrons. The van der Waals surface area contributed by atoms with Gasteiger partial charge in [0, 0.05) is 26.2 Å². The SMILES string of the molecule is O=C(NS(=O)(=O)C1CCCCC1)N1CCNCC1. The van der Waals surface area contributed by atoms with E-state index in [1.807, 2.05) is 0 Å². The van der Waals surface area contributed by atoms with E-state index in [4.69, 9.17) is 0 Å². The molecule has 2 aliphatic rings. The summed E-state index contributed by atoms with van der Waals surface area (Å²) in [6.07, 6.45) is 4.31. The van der Waals surface area contributed by atoms with Crippen LogP contribution >= 0.6 is 0 Å². The van der Waals surface area contributed by atoms with E-state index < -0.39 is 21.3 Å². The van der Waals surface area contributed by atoms with Crippen LogP contribution in [-0.4, -0.2) is 50.8 Å². The summed E-state index contributed by atoms with van der Waals surface area (Å²) in [6.45, 7) is 2.56. The maximum Gasteiger partial charge on any atom is 0.331 e. The molecule has 0 aromatic rings. The average Bonchev–Trinajstić information content (AvgIpc) is 2.40. The van der Waals surface area contributed by atoms with Gasteiger partial charge in [-0.2, -0.15) is 0 Å². The first-order valence-corrected chi connectivity index (χ1v) is 8.15. The summed E-state index contributed by atoms with van der Waals surface area (Å²) in [5.41, 5.74) is 0. The number of hydrogen-bond acceptors (Lipinski definition) is 4. The minimum Gasteiger partial charge on any atom is -0.321 e. The number of rotatable bonds is 2. The molecule has 1 saturated carbocycles. The number of hydrogen-bond donors (Lipinski definition) is 2. The lowest BCUT2D eigenvalue weighted by molar-refractivity contribution is 0.196. The highest BCUT2D eigenvalue weighted by Crippen LogP contribution is 2.23.